The topological polar surface area (TPSA) is 35.5 Å². The van der Waals surface area contributed by atoms with E-state index in [2.05, 4.69) is 24.1 Å². The number of aliphatic hydroxyl groups excluding tert-OH is 1. The van der Waals surface area contributed by atoms with Crippen LogP contribution in [0.4, 0.5) is 4.39 Å². The van der Waals surface area contributed by atoms with E-state index in [4.69, 9.17) is 0 Å². The molecule has 1 aliphatic rings. The summed E-state index contributed by atoms with van der Waals surface area (Å²) in [5, 5.41) is 13.6. The van der Waals surface area contributed by atoms with Crippen molar-refractivity contribution < 1.29 is 9.50 Å². The van der Waals surface area contributed by atoms with Gasteiger partial charge in [-0.15, -0.1) is 0 Å². The van der Waals surface area contributed by atoms with Crippen LogP contribution in [0.15, 0.2) is 24.3 Å². The minimum absolute atomic E-state index is 0.267. The van der Waals surface area contributed by atoms with Crippen LogP contribution in [0, 0.1) is 11.7 Å². The van der Waals surface area contributed by atoms with Gasteiger partial charge >= 0.3 is 0 Å². The molecule has 1 aromatic rings. The highest BCUT2D eigenvalue weighted by Gasteiger charge is 2.20. The van der Waals surface area contributed by atoms with Crippen molar-refractivity contribution in [3.05, 3.63) is 35.6 Å². The first kappa shape index (κ1) is 16.4. The Kier molecular flexibility index (Phi) is 6.15. The molecule has 118 valence electrons. The molecule has 1 aromatic carbocycles. The van der Waals surface area contributed by atoms with Gasteiger partial charge in [0.25, 0.3) is 0 Å². The summed E-state index contributed by atoms with van der Waals surface area (Å²) in [5.74, 6) is 0.450. The van der Waals surface area contributed by atoms with Gasteiger partial charge in [-0.2, -0.15) is 0 Å². The highest BCUT2D eigenvalue weighted by molar-refractivity contribution is 5.18. The Balaban J connectivity index is 1.70. The lowest BCUT2D eigenvalue weighted by Crippen LogP contribution is -2.44. The molecule has 1 unspecified atom stereocenters. The predicted octanol–water partition coefficient (Wildman–Crippen LogP) is 2.57. The van der Waals surface area contributed by atoms with Crippen LogP contribution in [0.1, 0.15) is 38.4 Å². The molecular formula is C17H27FN2O. The van der Waals surface area contributed by atoms with Crippen LogP contribution in [-0.4, -0.2) is 42.2 Å². The lowest BCUT2D eigenvalue weighted by molar-refractivity contribution is 0.146. The maximum absolute atomic E-state index is 12.9. The third-order valence-electron chi connectivity index (χ3n) is 4.07. The monoisotopic (exact) mass is 294 g/mol. The number of rotatable bonds is 6. The van der Waals surface area contributed by atoms with Gasteiger partial charge in [0.1, 0.15) is 5.82 Å². The van der Waals surface area contributed by atoms with Crippen molar-refractivity contribution in [1.82, 2.24) is 10.2 Å². The van der Waals surface area contributed by atoms with E-state index in [-0.39, 0.29) is 5.82 Å². The number of likely N-dealkylation sites (tertiary alicyclic amines) is 1. The molecule has 0 amide bonds. The third-order valence-corrected chi connectivity index (χ3v) is 4.07. The summed E-state index contributed by atoms with van der Waals surface area (Å²) in [7, 11) is 0. The normalized spacial score (nSPS) is 19.1. The molecule has 0 spiro atoms. The summed E-state index contributed by atoms with van der Waals surface area (Å²) in [5.41, 5.74) is 0.765. The van der Waals surface area contributed by atoms with Crippen LogP contribution < -0.4 is 5.32 Å². The van der Waals surface area contributed by atoms with Crippen LogP contribution in [0.3, 0.4) is 0 Å². The molecule has 21 heavy (non-hydrogen) atoms. The number of hydrogen-bond acceptors (Lipinski definition) is 3. The van der Waals surface area contributed by atoms with Gasteiger partial charge in [0, 0.05) is 19.1 Å². The molecule has 2 rings (SSSR count). The van der Waals surface area contributed by atoms with Crippen LogP contribution in [-0.2, 0) is 0 Å². The average Bonchev–Trinajstić information content (AvgIpc) is 2.46. The minimum Gasteiger partial charge on any atom is -0.387 e. The number of aliphatic hydroxyl groups is 1. The van der Waals surface area contributed by atoms with Gasteiger partial charge < -0.3 is 15.3 Å². The fraction of sp³-hybridized carbons (Fsp3) is 0.647. The molecular weight excluding hydrogens is 267 g/mol. The van der Waals surface area contributed by atoms with Crippen molar-refractivity contribution in [2.75, 3.05) is 26.2 Å². The minimum atomic E-state index is -0.570. The molecule has 2 N–H and O–H groups in total. The van der Waals surface area contributed by atoms with Gasteiger partial charge in [-0.25, -0.2) is 4.39 Å². The van der Waals surface area contributed by atoms with Gasteiger partial charge in [-0.05, 0) is 49.5 Å². The van der Waals surface area contributed by atoms with Gasteiger partial charge in [-0.1, -0.05) is 26.0 Å². The number of piperidine rings is 1. The molecule has 0 radical (unpaired) electrons. The zero-order valence-corrected chi connectivity index (χ0v) is 13.1. The summed E-state index contributed by atoms with van der Waals surface area (Å²) in [4.78, 5) is 2.51. The molecule has 0 aromatic heterocycles. The third kappa shape index (κ3) is 5.38. The fourth-order valence-electron chi connectivity index (χ4n) is 2.92. The molecule has 0 aliphatic carbocycles. The summed E-state index contributed by atoms with van der Waals surface area (Å²) in [6.45, 7) is 8.46. The standard InChI is InChI=1S/C17H27FN2O/c1-13(2)12-20-9-7-16(8-10-20)19-11-17(21)14-3-5-15(18)6-4-14/h3-6,13,16-17,19,21H,7-12H2,1-2H3. The first-order chi connectivity index (χ1) is 10.0. The maximum atomic E-state index is 12.9. The Bertz CT molecular complexity index is 413. The van der Waals surface area contributed by atoms with E-state index in [1.165, 1.54) is 18.7 Å². The Hall–Kier alpha value is -0.970. The smallest absolute Gasteiger partial charge is 0.123 e. The van der Waals surface area contributed by atoms with E-state index in [1.54, 1.807) is 12.1 Å². The Labute approximate surface area is 127 Å². The van der Waals surface area contributed by atoms with Crippen molar-refractivity contribution in [2.45, 2.75) is 38.8 Å². The van der Waals surface area contributed by atoms with E-state index in [9.17, 15) is 9.50 Å². The maximum Gasteiger partial charge on any atom is 0.123 e. The average molecular weight is 294 g/mol. The van der Waals surface area contributed by atoms with Crippen molar-refractivity contribution in [3.8, 4) is 0 Å². The first-order valence-electron chi connectivity index (χ1n) is 7.94. The van der Waals surface area contributed by atoms with Crippen LogP contribution in [0.2, 0.25) is 0 Å². The number of nitrogens with zero attached hydrogens (tertiary/aromatic N) is 1. The van der Waals surface area contributed by atoms with Crippen molar-refractivity contribution in [1.29, 1.82) is 0 Å². The Morgan fingerprint density at radius 3 is 2.43 bits per heavy atom. The lowest BCUT2D eigenvalue weighted by atomic mass is 10.0. The van der Waals surface area contributed by atoms with Gasteiger partial charge in [0.2, 0.25) is 0 Å². The lowest BCUT2D eigenvalue weighted by Gasteiger charge is -2.33. The highest BCUT2D eigenvalue weighted by atomic mass is 19.1. The van der Waals surface area contributed by atoms with E-state index < -0.39 is 6.10 Å². The number of nitrogens with one attached hydrogen (secondary N) is 1. The molecule has 1 fully saturated rings. The summed E-state index contributed by atoms with van der Waals surface area (Å²) < 4.78 is 12.9. The van der Waals surface area contributed by atoms with Crippen LogP contribution >= 0.6 is 0 Å². The second-order valence-corrected chi connectivity index (χ2v) is 6.44. The van der Waals surface area contributed by atoms with E-state index >= 15 is 0 Å². The van der Waals surface area contributed by atoms with Crippen molar-refractivity contribution in [2.24, 2.45) is 5.92 Å². The van der Waals surface area contributed by atoms with Gasteiger partial charge in [0.15, 0.2) is 0 Å². The number of halogens is 1. The van der Waals surface area contributed by atoms with Gasteiger partial charge in [0.05, 0.1) is 6.10 Å². The van der Waals surface area contributed by atoms with Crippen molar-refractivity contribution >= 4 is 0 Å². The molecule has 0 bridgehead atoms. The first-order valence-corrected chi connectivity index (χ1v) is 7.94. The number of hydrogen-bond donors (Lipinski definition) is 2. The molecule has 1 atom stereocenters. The Morgan fingerprint density at radius 1 is 1.24 bits per heavy atom. The molecule has 0 saturated carbocycles. The molecule has 1 saturated heterocycles. The second kappa shape index (κ2) is 7.87. The summed E-state index contributed by atoms with van der Waals surface area (Å²) in [6, 6.07) is 6.55. The van der Waals surface area contributed by atoms with Crippen molar-refractivity contribution in [3.63, 3.8) is 0 Å². The van der Waals surface area contributed by atoms with E-state index in [0.717, 1.165) is 37.4 Å². The number of benzene rings is 1. The van der Waals surface area contributed by atoms with E-state index in [0.29, 0.717) is 12.6 Å². The largest absolute Gasteiger partial charge is 0.387 e. The molecule has 3 nitrogen and oxygen atoms in total. The SMILES string of the molecule is CC(C)CN1CCC(NCC(O)c2ccc(F)cc2)CC1. The quantitative estimate of drug-likeness (QED) is 0.846. The Morgan fingerprint density at radius 2 is 1.86 bits per heavy atom. The summed E-state index contributed by atoms with van der Waals surface area (Å²) >= 11 is 0. The molecule has 1 aliphatic heterocycles. The zero-order chi connectivity index (χ0) is 15.2. The van der Waals surface area contributed by atoms with E-state index in [1.807, 2.05) is 0 Å². The molecule has 4 heteroatoms. The predicted molar refractivity (Wildman–Crippen MR) is 83.7 cm³/mol. The van der Waals surface area contributed by atoms with Crippen LogP contribution in [0.25, 0.3) is 0 Å². The molecule has 1 heterocycles. The summed E-state index contributed by atoms with van der Waals surface area (Å²) in [6.07, 6.45) is 1.69. The second-order valence-electron chi connectivity index (χ2n) is 6.44. The van der Waals surface area contributed by atoms with Gasteiger partial charge in [-0.3, -0.25) is 0 Å². The zero-order valence-electron chi connectivity index (χ0n) is 13.1. The van der Waals surface area contributed by atoms with Crippen LogP contribution in [0.5, 0.6) is 0 Å². The fourth-order valence-corrected chi connectivity index (χ4v) is 2.92. The highest BCUT2D eigenvalue weighted by Crippen LogP contribution is 2.15.